The Bertz CT molecular complexity index is 3810. The topological polar surface area (TPSA) is 575 Å². The van der Waals surface area contributed by atoms with Crippen molar-refractivity contribution in [3.8, 4) is 11.5 Å². The normalized spacial score (nSPS) is 27.5. The highest BCUT2D eigenvalue weighted by Gasteiger charge is 2.53. The third-order valence-electron chi connectivity index (χ3n) is 20.1. The summed E-state index contributed by atoms with van der Waals surface area (Å²) in [6, 6.07) is 2.14. The molecule has 3 aromatic rings. The fraction of sp³-hybridized carbons (Fsp3) is 0.629. The fourth-order valence-corrected chi connectivity index (χ4v) is 15.2. The van der Waals surface area contributed by atoms with Crippen LogP contribution in [0.25, 0.3) is 10.9 Å². The molecule has 0 aliphatic carbocycles. The summed E-state index contributed by atoms with van der Waals surface area (Å²) in [5.41, 5.74) is 3.89. The molecule has 2 saturated heterocycles. The second kappa shape index (κ2) is 39.7. The summed E-state index contributed by atoms with van der Waals surface area (Å²) in [6.45, 7) is 2.23. The van der Waals surface area contributed by atoms with Crippen LogP contribution in [-0.2, 0) is 95.6 Å². The average molecular weight is 1560 g/mol. The van der Waals surface area contributed by atoms with Gasteiger partial charge < -0.3 is 121 Å². The Morgan fingerprint density at radius 1 is 0.835 bits per heavy atom. The van der Waals surface area contributed by atoms with E-state index >= 15 is 9.00 Å². The van der Waals surface area contributed by atoms with Gasteiger partial charge in [0.1, 0.15) is 47.5 Å². The Morgan fingerprint density at radius 3 is 2.25 bits per heavy atom. The number of aliphatic carboxylic acids is 1. The molecule has 1 aromatic heterocycles. The molecule has 0 spiro atoms. The highest BCUT2D eigenvalue weighted by molar-refractivity contribution is 7.85. The summed E-state index contributed by atoms with van der Waals surface area (Å²) in [5.74, 6) is -12.2. The number of benzene rings is 2. The first-order valence-electron chi connectivity index (χ1n) is 36.0. The van der Waals surface area contributed by atoms with E-state index in [1.165, 1.54) is 49.2 Å². The average Bonchev–Trinajstić information content (AvgIpc) is 1.64. The molecule has 17 atom stereocenters. The molecule has 9 amide bonds. The van der Waals surface area contributed by atoms with E-state index in [1.54, 1.807) is 19.9 Å². The number of hydrogen-bond acceptors (Lipinski definition) is 27. The molecule has 0 saturated carbocycles. The SMILES string of the molecule is CC[C@H](C)[C@@H]1NC(=O)CNC(=O)[C@H]2CC(=O)[C@H]([C@@H](C)[C@@H](O)CO)NC(=O)[C@@H]3C[C@@H](O)CN3C(=O)[C@H](CC(N)=O)CC(=O)[C@@H]3CS(=O)c4[nH]c5cc(ccc5c4C2)OC1(CCCCCCN(C)C(=O)OCc1ccc(OC2O[C@H](C(=O)O)[C@@H](O)[C@H](O)[C@H]2O)c(C(=O)NCCOCCOCCON)c1)C(=O)NCC(=O)N3. The van der Waals surface area contributed by atoms with Gasteiger partial charge in [0.25, 0.3) is 11.8 Å². The number of rotatable bonds is 29. The van der Waals surface area contributed by atoms with Gasteiger partial charge in [0.2, 0.25) is 47.3 Å². The van der Waals surface area contributed by atoms with Crippen LogP contribution in [0.2, 0.25) is 0 Å². The van der Waals surface area contributed by atoms with Crippen molar-refractivity contribution < 1.29 is 131 Å². The van der Waals surface area contributed by atoms with Crippen LogP contribution in [0, 0.1) is 23.7 Å². The summed E-state index contributed by atoms with van der Waals surface area (Å²) in [4.78, 5) is 180. The minimum Gasteiger partial charge on any atom is -0.479 e. The van der Waals surface area contributed by atoms with Crippen LogP contribution in [0.3, 0.4) is 0 Å². The first-order valence-corrected chi connectivity index (χ1v) is 37.4. The summed E-state index contributed by atoms with van der Waals surface area (Å²) in [7, 11) is -0.921. The van der Waals surface area contributed by atoms with Gasteiger partial charge in [-0.3, -0.25) is 52.2 Å². The minimum absolute atomic E-state index is 0.0164. The molecule has 602 valence electrons. The van der Waals surface area contributed by atoms with Gasteiger partial charge in [-0.05, 0) is 67.0 Å². The molecule has 0 radical (unpaired) electrons. The number of aromatic nitrogens is 1. The second-order valence-electron chi connectivity index (χ2n) is 27.9. The summed E-state index contributed by atoms with van der Waals surface area (Å²) in [5, 5.41) is 89.3. The van der Waals surface area contributed by atoms with Crippen molar-refractivity contribution in [2.24, 2.45) is 35.3 Å². The molecule has 6 aliphatic heterocycles. The zero-order valence-electron chi connectivity index (χ0n) is 60.8. The van der Waals surface area contributed by atoms with Crippen LogP contribution in [-0.4, -0.2) is 283 Å². The predicted octanol–water partition coefficient (Wildman–Crippen LogP) is -4.17. The van der Waals surface area contributed by atoms with E-state index in [4.69, 9.17) is 40.1 Å². The number of ether oxygens (including phenoxy) is 6. The van der Waals surface area contributed by atoms with Crippen LogP contribution in [0.15, 0.2) is 41.4 Å². The number of nitrogens with one attached hydrogen (secondary N) is 7. The Morgan fingerprint density at radius 2 is 1.54 bits per heavy atom. The van der Waals surface area contributed by atoms with Crippen LogP contribution >= 0.6 is 0 Å². The molecule has 8 bridgehead atoms. The third-order valence-corrected chi connectivity index (χ3v) is 21.5. The molecule has 2 fully saturated rings. The van der Waals surface area contributed by atoms with E-state index < -0.39 is 249 Å². The van der Waals surface area contributed by atoms with E-state index in [-0.39, 0.29) is 104 Å². The minimum atomic E-state index is -2.39. The highest BCUT2D eigenvalue weighted by atomic mass is 32.2. The quantitative estimate of drug-likeness (QED) is 0.0232. The van der Waals surface area contributed by atoms with Crippen molar-refractivity contribution in [2.45, 2.75) is 176 Å². The molecule has 18 N–H and O–H groups in total. The molecule has 38 nitrogen and oxygen atoms in total. The summed E-state index contributed by atoms with van der Waals surface area (Å²) >= 11 is 0. The number of amides is 9. The number of H-pyrrole nitrogens is 1. The number of aromatic amines is 1. The van der Waals surface area contributed by atoms with E-state index in [0.717, 1.165) is 4.90 Å². The number of fused-ring (bicyclic) bond motifs is 9. The summed E-state index contributed by atoms with van der Waals surface area (Å²) < 4.78 is 49.7. The number of unbranched alkanes of at least 4 members (excludes halogenated alkanes) is 3. The smallest absolute Gasteiger partial charge is 0.409 e. The number of carboxylic acid groups (broad SMARTS) is 1. The van der Waals surface area contributed by atoms with E-state index in [2.05, 4.69) is 41.7 Å². The lowest BCUT2D eigenvalue weighted by molar-refractivity contribution is -0.271. The Hall–Kier alpha value is -8.87. The van der Waals surface area contributed by atoms with Gasteiger partial charge in [-0.25, -0.2) is 15.5 Å². The Kier molecular flexibility index (Phi) is 31.2. The number of carboxylic acids is 1. The van der Waals surface area contributed by atoms with Gasteiger partial charge in [-0.2, -0.15) is 0 Å². The molecule has 7 heterocycles. The maximum absolute atomic E-state index is 15.6. The first-order chi connectivity index (χ1) is 51.9. The lowest BCUT2D eigenvalue weighted by Gasteiger charge is -2.42. The van der Waals surface area contributed by atoms with E-state index in [9.17, 15) is 88.5 Å². The van der Waals surface area contributed by atoms with Crippen molar-refractivity contribution in [1.29, 1.82) is 0 Å². The van der Waals surface area contributed by atoms with E-state index in [0.29, 0.717) is 24.6 Å². The van der Waals surface area contributed by atoms with Crippen LogP contribution in [0.5, 0.6) is 11.5 Å². The van der Waals surface area contributed by atoms with Gasteiger partial charge in [0.05, 0.1) is 117 Å². The number of nitrogens with two attached hydrogens (primary N) is 2. The van der Waals surface area contributed by atoms with Crippen molar-refractivity contribution in [3.63, 3.8) is 0 Å². The van der Waals surface area contributed by atoms with Gasteiger partial charge >= 0.3 is 12.1 Å². The molecule has 39 heteroatoms. The fourth-order valence-electron chi connectivity index (χ4n) is 13.8. The number of hydrogen-bond donors (Lipinski definition) is 16. The monoisotopic (exact) mass is 1560 g/mol. The number of primary amides is 1. The predicted molar refractivity (Wildman–Crippen MR) is 378 cm³/mol. The van der Waals surface area contributed by atoms with Crippen molar-refractivity contribution in [2.75, 3.05) is 85.2 Å². The number of ketones is 2. The van der Waals surface area contributed by atoms with Gasteiger partial charge in [-0.15, -0.1) is 0 Å². The van der Waals surface area contributed by atoms with Crippen LogP contribution in [0.4, 0.5) is 4.79 Å². The third kappa shape index (κ3) is 22.0. The molecule has 2 aromatic carbocycles. The highest BCUT2D eigenvalue weighted by Crippen LogP contribution is 2.38. The molecule has 9 rings (SSSR count). The number of aliphatic hydroxyl groups is 6. The van der Waals surface area contributed by atoms with Gasteiger partial charge in [0, 0.05) is 75.7 Å². The number of carbonyl (C=O) groups excluding carboxylic acids is 11. The number of Topliss-reactive ketones (excluding diaryl/α,β-unsaturated/α-hetero) is 2. The second-order valence-corrected chi connectivity index (χ2v) is 29.3. The zero-order valence-corrected chi connectivity index (χ0v) is 61.7. The maximum Gasteiger partial charge on any atom is 0.409 e. The van der Waals surface area contributed by atoms with Gasteiger partial charge in [0.15, 0.2) is 17.7 Å². The standard InChI is InChI=1S/C70H99N11O27S/c1-5-35(2)60-70(14-8-6-7-9-16-80(4)69(100)104-33-37-10-13-51(106-67-58(92)56(90)57(91)59(107-67)66(97)98)44(22-37)62(94)73-15-17-102-18-19-103-20-21-105-72)68(99)75-30-53(88)76-46-34-109(101)64-43(42-12-11-41(108-70)28-45(42)77-64)23-38(61(93)74-29-54(89)78-60)24-49(85)55(36(3)50(86)32-82)79-63(95)47-27-40(83)31-81(47)65(96)39(25-48(46)84)26-52(71)87/h10-13,22,28,35-36,38-40,46-47,50,55-60,67,77,82-83,86,90-92H,5-9,14-21,23-27,29-34,72H2,1-4H3,(H2,71,87)(H,73,94)(H,74,93)(H,75,99)(H,76,88)(H,78,89)(H,79,95)(H,97,98)/t35-,36-,38+,39-,40+,46-,47-,50-,55-,56-,57-,58+,59-,60-,67?,70?,109?/m0/s1. The lowest BCUT2D eigenvalue weighted by Crippen LogP contribution is -2.67. The molecule has 6 aliphatic rings. The van der Waals surface area contributed by atoms with Crippen LogP contribution < -0.4 is 53.0 Å². The first kappa shape index (κ1) is 85.7. The number of carbonyl (C=O) groups is 12. The maximum atomic E-state index is 15.6. The Balaban J connectivity index is 1.06. The molecule has 3 unspecified atom stereocenters. The number of nitrogens with zero attached hydrogens (tertiary/aromatic N) is 2. The Labute approximate surface area is 628 Å². The molecular weight excluding hydrogens is 1460 g/mol. The van der Waals surface area contributed by atoms with Crippen molar-refractivity contribution >= 4 is 92.6 Å². The molecule has 109 heavy (non-hydrogen) atoms. The largest absolute Gasteiger partial charge is 0.479 e. The number of aliphatic hydroxyl groups excluding tert-OH is 6. The zero-order chi connectivity index (χ0) is 79.6. The molecular formula is C70H99N11O27S. The lowest BCUT2D eigenvalue weighted by atomic mass is 9.79. The van der Waals surface area contributed by atoms with Crippen molar-refractivity contribution in [3.05, 3.63) is 53.1 Å². The van der Waals surface area contributed by atoms with Crippen molar-refractivity contribution in [1.82, 2.24) is 46.7 Å². The van der Waals surface area contributed by atoms with Gasteiger partial charge in [-0.1, -0.05) is 46.1 Å². The van der Waals surface area contributed by atoms with Crippen LogP contribution in [0.1, 0.15) is 106 Å². The van der Waals surface area contributed by atoms with E-state index in [1.807, 2.05) is 0 Å². The summed E-state index contributed by atoms with van der Waals surface area (Å²) in [6.07, 6.45) is -15.7.